The molecule has 0 saturated carbocycles. The van der Waals surface area contributed by atoms with Gasteiger partial charge in [-0.05, 0) is 48.5 Å². The highest BCUT2D eigenvalue weighted by Gasteiger charge is 2.04. The van der Waals surface area contributed by atoms with Crippen LogP contribution in [0.5, 0.6) is 0 Å². The monoisotopic (exact) mass is 352 g/mol. The Morgan fingerprint density at radius 3 is 2.42 bits per heavy atom. The summed E-state index contributed by atoms with van der Waals surface area (Å²) >= 11 is 0. The van der Waals surface area contributed by atoms with Crippen molar-refractivity contribution >= 4 is 23.2 Å². The van der Waals surface area contributed by atoms with Crippen LogP contribution in [0.15, 0.2) is 60.9 Å². The Balaban J connectivity index is 1.42. The molecule has 0 aliphatic carbocycles. The van der Waals surface area contributed by atoms with Crippen molar-refractivity contribution in [3.8, 4) is 0 Å². The molecule has 0 radical (unpaired) electrons. The van der Waals surface area contributed by atoms with Crippen LogP contribution in [0.4, 0.5) is 21.7 Å². The first-order valence-corrected chi connectivity index (χ1v) is 7.99. The molecule has 2 aromatic heterocycles. The third-order valence-electron chi connectivity index (χ3n) is 3.42. The number of halogens is 1. The van der Waals surface area contributed by atoms with E-state index in [4.69, 9.17) is 0 Å². The van der Waals surface area contributed by atoms with Gasteiger partial charge in [0, 0.05) is 24.8 Å². The Kier molecular flexibility index (Phi) is 5.66. The van der Waals surface area contributed by atoms with Crippen LogP contribution in [-0.2, 0) is 0 Å². The van der Waals surface area contributed by atoms with E-state index in [-0.39, 0.29) is 11.7 Å². The van der Waals surface area contributed by atoms with Gasteiger partial charge in [0.1, 0.15) is 11.6 Å². The van der Waals surface area contributed by atoms with Gasteiger partial charge in [0.15, 0.2) is 5.82 Å². The Hall–Kier alpha value is -3.55. The van der Waals surface area contributed by atoms with E-state index < -0.39 is 0 Å². The second kappa shape index (κ2) is 8.52. The van der Waals surface area contributed by atoms with Crippen molar-refractivity contribution in [2.24, 2.45) is 0 Å². The molecule has 3 N–H and O–H groups in total. The molecular weight excluding hydrogens is 335 g/mol. The highest BCUT2D eigenvalue weighted by Crippen LogP contribution is 2.12. The van der Waals surface area contributed by atoms with Gasteiger partial charge in [0.25, 0.3) is 5.91 Å². The fourth-order valence-electron chi connectivity index (χ4n) is 2.15. The first-order chi connectivity index (χ1) is 12.7. The number of carbonyl (C=O) groups is 1. The second-order valence-electron chi connectivity index (χ2n) is 5.36. The van der Waals surface area contributed by atoms with Gasteiger partial charge in [-0.25, -0.2) is 4.39 Å². The lowest BCUT2D eigenvalue weighted by molar-refractivity contribution is 0.0955. The van der Waals surface area contributed by atoms with E-state index in [1.165, 1.54) is 24.3 Å². The number of carbonyl (C=O) groups excluding carboxylic acids is 1. The summed E-state index contributed by atoms with van der Waals surface area (Å²) in [5.41, 5.74) is 1.24. The minimum absolute atomic E-state index is 0.256. The lowest BCUT2D eigenvalue weighted by Gasteiger charge is -2.08. The van der Waals surface area contributed by atoms with E-state index in [1.807, 2.05) is 12.1 Å². The first-order valence-electron chi connectivity index (χ1n) is 7.99. The van der Waals surface area contributed by atoms with Gasteiger partial charge in [0.2, 0.25) is 0 Å². The molecule has 0 saturated heterocycles. The van der Waals surface area contributed by atoms with E-state index in [9.17, 15) is 9.18 Å². The fourth-order valence-corrected chi connectivity index (χ4v) is 2.15. The molecule has 8 heteroatoms. The highest BCUT2D eigenvalue weighted by molar-refractivity contribution is 5.94. The zero-order valence-corrected chi connectivity index (χ0v) is 13.8. The van der Waals surface area contributed by atoms with E-state index in [0.717, 1.165) is 5.69 Å². The number of aromatic nitrogens is 3. The highest BCUT2D eigenvalue weighted by atomic mass is 19.1. The maximum absolute atomic E-state index is 12.8. The molecule has 0 bridgehead atoms. The molecule has 2 heterocycles. The summed E-state index contributed by atoms with van der Waals surface area (Å²) in [5, 5.41) is 17.0. The predicted octanol–water partition coefficient (Wildman–Crippen LogP) is 2.60. The van der Waals surface area contributed by atoms with Crippen LogP contribution in [0, 0.1) is 5.82 Å². The minimum atomic E-state index is -0.372. The molecule has 0 fully saturated rings. The van der Waals surface area contributed by atoms with Gasteiger partial charge in [-0.3, -0.25) is 9.78 Å². The molecule has 0 atom stereocenters. The first kappa shape index (κ1) is 17.3. The minimum Gasteiger partial charge on any atom is -0.367 e. The molecule has 0 aliphatic heterocycles. The number of rotatable bonds is 7. The molecule has 1 aromatic carbocycles. The maximum atomic E-state index is 12.8. The molecule has 3 aromatic rings. The average Bonchev–Trinajstić information content (AvgIpc) is 2.68. The van der Waals surface area contributed by atoms with Gasteiger partial charge in [-0.2, -0.15) is 0 Å². The number of anilines is 3. The fraction of sp³-hybridized carbons (Fsp3) is 0.111. The van der Waals surface area contributed by atoms with Crippen molar-refractivity contribution in [1.29, 1.82) is 0 Å². The molecule has 7 nitrogen and oxygen atoms in total. The van der Waals surface area contributed by atoms with E-state index in [0.29, 0.717) is 30.3 Å². The van der Waals surface area contributed by atoms with Gasteiger partial charge < -0.3 is 16.0 Å². The Morgan fingerprint density at radius 1 is 0.962 bits per heavy atom. The van der Waals surface area contributed by atoms with Crippen molar-refractivity contribution < 1.29 is 9.18 Å². The molecule has 3 rings (SSSR count). The lowest BCUT2D eigenvalue weighted by Crippen LogP contribution is -2.28. The predicted molar refractivity (Wildman–Crippen MR) is 96.8 cm³/mol. The van der Waals surface area contributed by atoms with Crippen molar-refractivity contribution in [3.05, 3.63) is 72.3 Å². The second-order valence-corrected chi connectivity index (χ2v) is 5.36. The van der Waals surface area contributed by atoms with E-state index in [1.54, 1.807) is 24.5 Å². The SMILES string of the molecule is O=C(NCCNc1ccc(Nc2cccnc2)nn1)c1ccc(F)cc1. The van der Waals surface area contributed by atoms with Crippen LogP contribution in [0.1, 0.15) is 10.4 Å². The third kappa shape index (κ3) is 4.97. The van der Waals surface area contributed by atoms with Gasteiger partial charge >= 0.3 is 0 Å². The van der Waals surface area contributed by atoms with Crippen molar-refractivity contribution in [3.63, 3.8) is 0 Å². The normalized spacial score (nSPS) is 10.2. The van der Waals surface area contributed by atoms with Crippen LogP contribution in [0.25, 0.3) is 0 Å². The average molecular weight is 352 g/mol. The number of hydrogen-bond acceptors (Lipinski definition) is 6. The summed E-state index contributed by atoms with van der Waals surface area (Å²) in [6, 6.07) is 12.7. The summed E-state index contributed by atoms with van der Waals surface area (Å²) in [6.45, 7) is 0.880. The Bertz CT molecular complexity index is 840. The zero-order chi connectivity index (χ0) is 18.2. The summed E-state index contributed by atoms with van der Waals surface area (Å²) in [5.74, 6) is 0.572. The van der Waals surface area contributed by atoms with Crippen molar-refractivity contribution in [2.75, 3.05) is 23.7 Å². The molecule has 0 spiro atoms. The van der Waals surface area contributed by atoms with Gasteiger partial charge in [0.05, 0.1) is 11.9 Å². The molecule has 132 valence electrons. The quantitative estimate of drug-likeness (QED) is 0.566. The van der Waals surface area contributed by atoms with E-state index >= 15 is 0 Å². The summed E-state index contributed by atoms with van der Waals surface area (Å²) < 4.78 is 12.8. The molecular formula is C18H17FN6O. The van der Waals surface area contributed by atoms with Gasteiger partial charge in [-0.1, -0.05) is 0 Å². The number of benzene rings is 1. The molecule has 1 amide bonds. The van der Waals surface area contributed by atoms with Crippen molar-refractivity contribution in [2.45, 2.75) is 0 Å². The molecule has 26 heavy (non-hydrogen) atoms. The molecule has 0 unspecified atom stereocenters. The number of amides is 1. The standard InChI is InChI=1S/C18H17FN6O/c19-14-5-3-13(4-6-14)18(26)22-11-10-21-16-7-8-17(25-24-16)23-15-2-1-9-20-12-15/h1-9,12H,10-11H2,(H,21,24)(H,22,26)(H,23,25). The van der Waals surface area contributed by atoms with E-state index in [2.05, 4.69) is 31.1 Å². The van der Waals surface area contributed by atoms with Crippen LogP contribution in [-0.4, -0.2) is 34.2 Å². The number of pyridine rings is 1. The topological polar surface area (TPSA) is 91.8 Å². The van der Waals surface area contributed by atoms with Gasteiger partial charge in [-0.15, -0.1) is 10.2 Å². The van der Waals surface area contributed by atoms with Crippen LogP contribution in [0.2, 0.25) is 0 Å². The lowest BCUT2D eigenvalue weighted by atomic mass is 10.2. The largest absolute Gasteiger partial charge is 0.367 e. The smallest absolute Gasteiger partial charge is 0.251 e. The van der Waals surface area contributed by atoms with Crippen LogP contribution in [0.3, 0.4) is 0 Å². The summed E-state index contributed by atoms with van der Waals surface area (Å²) in [7, 11) is 0. The Morgan fingerprint density at radius 2 is 1.73 bits per heavy atom. The molecule has 0 aliphatic rings. The number of nitrogens with one attached hydrogen (secondary N) is 3. The Labute approximate surface area is 149 Å². The summed E-state index contributed by atoms with van der Waals surface area (Å²) in [4.78, 5) is 15.9. The number of nitrogens with zero attached hydrogens (tertiary/aromatic N) is 3. The zero-order valence-electron chi connectivity index (χ0n) is 13.8. The van der Waals surface area contributed by atoms with Crippen LogP contribution >= 0.6 is 0 Å². The summed E-state index contributed by atoms with van der Waals surface area (Å²) in [6.07, 6.45) is 3.39. The maximum Gasteiger partial charge on any atom is 0.251 e. The third-order valence-corrected chi connectivity index (χ3v) is 3.42. The number of hydrogen-bond donors (Lipinski definition) is 3. The van der Waals surface area contributed by atoms with Crippen molar-refractivity contribution in [1.82, 2.24) is 20.5 Å². The van der Waals surface area contributed by atoms with Crippen LogP contribution < -0.4 is 16.0 Å².